The monoisotopic (exact) mass is 203 g/mol. The van der Waals surface area contributed by atoms with E-state index in [1.165, 1.54) is 0 Å². The van der Waals surface area contributed by atoms with Crippen molar-refractivity contribution in [3.8, 4) is 0 Å². The number of likely N-dealkylation sites (tertiary alicyclic amines) is 1. The molecule has 0 saturated carbocycles. The molecule has 1 saturated heterocycles. The van der Waals surface area contributed by atoms with E-state index in [-0.39, 0.29) is 19.4 Å². The van der Waals surface area contributed by atoms with Gasteiger partial charge in [0.1, 0.15) is 5.54 Å². The van der Waals surface area contributed by atoms with Crippen LogP contribution in [0, 0.1) is 0 Å². The average molecular weight is 203 g/mol. The van der Waals surface area contributed by atoms with Crippen LogP contribution in [0.15, 0.2) is 0 Å². The lowest BCUT2D eigenvalue weighted by Crippen LogP contribution is -2.52. The quantitative estimate of drug-likeness (QED) is 0.585. The second kappa shape index (κ2) is 3.45. The first-order chi connectivity index (χ1) is 6.44. The van der Waals surface area contributed by atoms with Crippen LogP contribution in [-0.4, -0.2) is 50.5 Å². The predicted molar refractivity (Wildman–Crippen MR) is 46.0 cm³/mol. The average Bonchev–Trinajstić information content (AvgIpc) is 2.43. The summed E-state index contributed by atoms with van der Waals surface area (Å²) in [6.45, 7) is 1.47. The molecule has 0 radical (unpaired) electrons. The zero-order valence-corrected chi connectivity index (χ0v) is 7.80. The van der Waals surface area contributed by atoms with E-state index in [1.54, 1.807) is 6.92 Å². The Bertz CT molecular complexity index is 266. The Labute approximate surface area is 80.8 Å². The van der Waals surface area contributed by atoms with Crippen molar-refractivity contribution in [3.63, 3.8) is 0 Å². The molecular weight excluding hydrogens is 190 g/mol. The molecule has 1 rings (SSSR count). The van der Waals surface area contributed by atoms with Crippen molar-refractivity contribution in [2.45, 2.75) is 31.4 Å². The van der Waals surface area contributed by atoms with Crippen LogP contribution in [0.1, 0.15) is 19.8 Å². The Morgan fingerprint density at radius 2 is 2.07 bits per heavy atom. The number of hydrogen-bond acceptors (Lipinski definition) is 3. The van der Waals surface area contributed by atoms with E-state index in [1.807, 2.05) is 0 Å². The molecule has 6 heteroatoms. The minimum atomic E-state index is -1.45. The highest BCUT2D eigenvalue weighted by atomic mass is 16.4. The molecule has 0 bridgehead atoms. The summed E-state index contributed by atoms with van der Waals surface area (Å²) in [5, 5.41) is 27.1. The third-order valence-electron chi connectivity index (χ3n) is 2.70. The van der Waals surface area contributed by atoms with Gasteiger partial charge in [-0.15, -0.1) is 0 Å². The van der Waals surface area contributed by atoms with Crippen LogP contribution in [0.4, 0.5) is 4.79 Å². The van der Waals surface area contributed by atoms with E-state index in [4.69, 9.17) is 10.2 Å². The molecule has 0 aromatic heterocycles. The van der Waals surface area contributed by atoms with Gasteiger partial charge in [0.05, 0.1) is 12.6 Å². The third kappa shape index (κ3) is 1.41. The fourth-order valence-corrected chi connectivity index (χ4v) is 1.90. The first-order valence-corrected chi connectivity index (χ1v) is 4.36. The van der Waals surface area contributed by atoms with Gasteiger partial charge < -0.3 is 15.3 Å². The standard InChI is InChI=1S/C8H13NO5/c1-2-8(6(11)12)3-5(10)4-9(8)7(13)14/h5,10H,2-4H2,1H3,(H,11,12)(H,13,14)/t5-,8+/m1/s1. The fourth-order valence-electron chi connectivity index (χ4n) is 1.90. The van der Waals surface area contributed by atoms with Gasteiger partial charge in [0, 0.05) is 6.42 Å². The molecule has 0 aromatic rings. The molecule has 1 aliphatic rings. The number of β-amino-alcohol motifs (C(OH)–C–C–N with tert-alkyl or cyclic N) is 1. The number of carboxylic acids is 1. The number of carboxylic acid groups (broad SMARTS) is 2. The Hall–Kier alpha value is -1.30. The van der Waals surface area contributed by atoms with E-state index in [2.05, 4.69) is 0 Å². The fraction of sp³-hybridized carbons (Fsp3) is 0.750. The second-order valence-corrected chi connectivity index (χ2v) is 3.44. The van der Waals surface area contributed by atoms with Crippen LogP contribution in [0.2, 0.25) is 0 Å². The summed E-state index contributed by atoms with van der Waals surface area (Å²) >= 11 is 0. The molecule has 0 spiro atoms. The predicted octanol–water partition coefficient (Wildman–Crippen LogP) is -0.0356. The maximum Gasteiger partial charge on any atom is 0.408 e. The van der Waals surface area contributed by atoms with Crippen molar-refractivity contribution >= 4 is 12.1 Å². The van der Waals surface area contributed by atoms with Crippen LogP contribution >= 0.6 is 0 Å². The third-order valence-corrected chi connectivity index (χ3v) is 2.70. The van der Waals surface area contributed by atoms with Crippen LogP contribution in [-0.2, 0) is 4.79 Å². The lowest BCUT2D eigenvalue weighted by Gasteiger charge is -2.30. The molecule has 1 amide bonds. The van der Waals surface area contributed by atoms with Crippen molar-refractivity contribution in [3.05, 3.63) is 0 Å². The van der Waals surface area contributed by atoms with E-state index >= 15 is 0 Å². The topological polar surface area (TPSA) is 98.1 Å². The van der Waals surface area contributed by atoms with Crippen molar-refractivity contribution in [2.24, 2.45) is 0 Å². The maximum atomic E-state index is 11.0. The molecule has 3 N–H and O–H groups in total. The summed E-state index contributed by atoms with van der Waals surface area (Å²) < 4.78 is 0. The number of nitrogens with zero attached hydrogens (tertiary/aromatic N) is 1. The van der Waals surface area contributed by atoms with E-state index in [0.29, 0.717) is 0 Å². The van der Waals surface area contributed by atoms with Gasteiger partial charge in [-0.1, -0.05) is 6.92 Å². The minimum absolute atomic E-state index is 0.0366. The molecule has 1 heterocycles. The van der Waals surface area contributed by atoms with Gasteiger partial charge >= 0.3 is 12.1 Å². The molecule has 1 fully saturated rings. The van der Waals surface area contributed by atoms with Gasteiger partial charge in [0.25, 0.3) is 0 Å². The molecule has 80 valence electrons. The summed E-state index contributed by atoms with van der Waals surface area (Å²) in [5.74, 6) is -1.20. The zero-order valence-electron chi connectivity index (χ0n) is 7.80. The molecule has 2 atom stereocenters. The Morgan fingerprint density at radius 1 is 1.50 bits per heavy atom. The SMILES string of the molecule is CC[C@@]1(C(=O)O)C[C@@H](O)CN1C(=O)O. The number of amides is 1. The molecule has 0 aliphatic carbocycles. The smallest absolute Gasteiger partial charge is 0.408 e. The normalized spacial score (nSPS) is 31.9. The van der Waals surface area contributed by atoms with Crippen LogP contribution < -0.4 is 0 Å². The summed E-state index contributed by atoms with van der Waals surface area (Å²) in [6, 6.07) is 0. The first-order valence-electron chi connectivity index (χ1n) is 4.36. The van der Waals surface area contributed by atoms with Crippen LogP contribution in [0.5, 0.6) is 0 Å². The van der Waals surface area contributed by atoms with Gasteiger partial charge in [-0.2, -0.15) is 0 Å². The van der Waals surface area contributed by atoms with Gasteiger partial charge in [-0.25, -0.2) is 9.59 Å². The van der Waals surface area contributed by atoms with Crippen LogP contribution in [0.25, 0.3) is 0 Å². The van der Waals surface area contributed by atoms with Gasteiger partial charge in [0.15, 0.2) is 0 Å². The second-order valence-electron chi connectivity index (χ2n) is 3.44. The number of aliphatic carboxylic acids is 1. The molecule has 0 unspecified atom stereocenters. The molecule has 1 aliphatic heterocycles. The number of rotatable bonds is 2. The Morgan fingerprint density at radius 3 is 2.36 bits per heavy atom. The highest BCUT2D eigenvalue weighted by Gasteiger charge is 2.52. The molecule has 14 heavy (non-hydrogen) atoms. The zero-order chi connectivity index (χ0) is 10.9. The number of aliphatic hydroxyl groups excluding tert-OH is 1. The Balaban J connectivity index is 3.03. The summed E-state index contributed by atoms with van der Waals surface area (Å²) in [4.78, 5) is 22.6. The number of hydrogen-bond donors (Lipinski definition) is 3. The largest absolute Gasteiger partial charge is 0.479 e. The summed E-state index contributed by atoms with van der Waals surface area (Å²) in [6.07, 6.45) is -2.07. The molecule has 0 aromatic carbocycles. The van der Waals surface area contributed by atoms with Crippen LogP contribution in [0.3, 0.4) is 0 Å². The van der Waals surface area contributed by atoms with Crippen molar-refractivity contribution < 1.29 is 24.9 Å². The van der Waals surface area contributed by atoms with Crippen molar-refractivity contribution in [2.75, 3.05) is 6.54 Å². The van der Waals surface area contributed by atoms with Gasteiger partial charge in [-0.05, 0) is 6.42 Å². The first kappa shape index (κ1) is 10.8. The molecule has 6 nitrogen and oxygen atoms in total. The molecular formula is C8H13NO5. The van der Waals surface area contributed by atoms with E-state index in [9.17, 15) is 14.7 Å². The Kier molecular flexibility index (Phi) is 2.66. The van der Waals surface area contributed by atoms with E-state index < -0.39 is 23.7 Å². The van der Waals surface area contributed by atoms with Crippen molar-refractivity contribution in [1.82, 2.24) is 4.90 Å². The van der Waals surface area contributed by atoms with Crippen molar-refractivity contribution in [1.29, 1.82) is 0 Å². The summed E-state index contributed by atoms with van der Waals surface area (Å²) in [7, 11) is 0. The van der Waals surface area contributed by atoms with Gasteiger partial charge in [-0.3, -0.25) is 4.90 Å². The number of carbonyl (C=O) groups is 2. The lowest BCUT2D eigenvalue weighted by atomic mass is 9.92. The lowest BCUT2D eigenvalue weighted by molar-refractivity contribution is -0.149. The van der Waals surface area contributed by atoms with E-state index in [0.717, 1.165) is 4.90 Å². The number of aliphatic hydroxyl groups is 1. The highest BCUT2D eigenvalue weighted by Crippen LogP contribution is 2.32. The minimum Gasteiger partial charge on any atom is -0.479 e. The highest BCUT2D eigenvalue weighted by molar-refractivity contribution is 5.84. The maximum absolute atomic E-state index is 11.0. The summed E-state index contributed by atoms with van der Waals surface area (Å²) in [5.41, 5.74) is -1.45. The van der Waals surface area contributed by atoms with Gasteiger partial charge in [0.2, 0.25) is 0 Å².